The second-order valence-electron chi connectivity index (χ2n) is 8.06. The van der Waals surface area contributed by atoms with E-state index in [4.69, 9.17) is 0 Å². The van der Waals surface area contributed by atoms with Crippen LogP contribution in [0.15, 0.2) is 48.5 Å². The lowest BCUT2D eigenvalue weighted by atomic mass is 9.87. The predicted molar refractivity (Wildman–Crippen MR) is 107 cm³/mol. The summed E-state index contributed by atoms with van der Waals surface area (Å²) in [4.78, 5) is 27.5. The van der Waals surface area contributed by atoms with Gasteiger partial charge in [-0.2, -0.15) is 0 Å². The van der Waals surface area contributed by atoms with Crippen LogP contribution >= 0.6 is 0 Å². The van der Waals surface area contributed by atoms with Crippen LogP contribution in [0.1, 0.15) is 61.5 Å². The zero-order valence-corrected chi connectivity index (χ0v) is 16.4. The summed E-state index contributed by atoms with van der Waals surface area (Å²) >= 11 is 0. The van der Waals surface area contributed by atoms with Crippen molar-refractivity contribution in [3.05, 3.63) is 65.2 Å². The van der Waals surface area contributed by atoms with E-state index in [0.717, 1.165) is 5.56 Å². The number of hydrogen-bond acceptors (Lipinski definition) is 3. The minimum absolute atomic E-state index is 0.234. The van der Waals surface area contributed by atoms with E-state index in [1.54, 1.807) is 29.2 Å². The molecule has 3 rings (SSSR count). The molecule has 2 aromatic rings. The molecule has 0 spiro atoms. The fourth-order valence-corrected chi connectivity index (χ4v) is 3.61. The SMILES string of the molecule is CC(C)CN1C(=O)[C@@](O)(CC(=O)c2ccc(C(C)C)cc2)c2ccccc21. The summed E-state index contributed by atoms with van der Waals surface area (Å²) in [7, 11) is 0. The summed E-state index contributed by atoms with van der Waals surface area (Å²) in [6.45, 7) is 8.74. The average Bonchev–Trinajstić information content (AvgIpc) is 2.84. The minimum atomic E-state index is -1.81. The molecule has 0 unspecified atom stereocenters. The van der Waals surface area contributed by atoms with Crippen molar-refractivity contribution in [2.24, 2.45) is 5.92 Å². The maximum Gasteiger partial charge on any atom is 0.264 e. The molecular weight excluding hydrogens is 338 g/mol. The molecule has 1 aliphatic heterocycles. The molecule has 27 heavy (non-hydrogen) atoms. The van der Waals surface area contributed by atoms with E-state index in [2.05, 4.69) is 13.8 Å². The van der Waals surface area contributed by atoms with E-state index in [-0.39, 0.29) is 18.1 Å². The van der Waals surface area contributed by atoms with Crippen molar-refractivity contribution in [1.82, 2.24) is 0 Å². The van der Waals surface area contributed by atoms with Crippen LogP contribution in [-0.2, 0) is 10.4 Å². The lowest BCUT2D eigenvalue weighted by molar-refractivity contribution is -0.136. The van der Waals surface area contributed by atoms with Gasteiger partial charge in [-0.3, -0.25) is 9.59 Å². The Morgan fingerprint density at radius 1 is 1.04 bits per heavy atom. The first-order chi connectivity index (χ1) is 12.7. The van der Waals surface area contributed by atoms with Gasteiger partial charge in [-0.1, -0.05) is 70.2 Å². The number of amides is 1. The van der Waals surface area contributed by atoms with E-state index in [9.17, 15) is 14.7 Å². The van der Waals surface area contributed by atoms with Crippen LogP contribution in [0.3, 0.4) is 0 Å². The first-order valence-corrected chi connectivity index (χ1v) is 9.51. The highest BCUT2D eigenvalue weighted by molar-refractivity contribution is 6.10. The first-order valence-electron chi connectivity index (χ1n) is 9.51. The third kappa shape index (κ3) is 3.54. The quantitative estimate of drug-likeness (QED) is 0.778. The molecular formula is C23H27NO3. The van der Waals surface area contributed by atoms with Gasteiger partial charge >= 0.3 is 0 Å². The molecule has 2 aromatic carbocycles. The van der Waals surface area contributed by atoms with Gasteiger partial charge in [0.2, 0.25) is 0 Å². The van der Waals surface area contributed by atoms with E-state index in [1.165, 1.54) is 0 Å². The highest BCUT2D eigenvalue weighted by atomic mass is 16.3. The van der Waals surface area contributed by atoms with Crippen molar-refractivity contribution in [3.8, 4) is 0 Å². The van der Waals surface area contributed by atoms with Gasteiger partial charge in [-0.05, 0) is 23.5 Å². The molecule has 4 heteroatoms. The monoisotopic (exact) mass is 365 g/mol. The third-order valence-electron chi connectivity index (χ3n) is 5.10. The minimum Gasteiger partial charge on any atom is -0.375 e. The summed E-state index contributed by atoms with van der Waals surface area (Å²) in [5.74, 6) is -0.0123. The van der Waals surface area contributed by atoms with E-state index >= 15 is 0 Å². The Labute approximate surface area is 160 Å². The second-order valence-corrected chi connectivity index (χ2v) is 8.06. The predicted octanol–water partition coefficient (Wildman–Crippen LogP) is 4.27. The molecule has 1 atom stereocenters. The third-order valence-corrected chi connectivity index (χ3v) is 5.10. The van der Waals surface area contributed by atoms with Gasteiger partial charge in [-0.25, -0.2) is 0 Å². The summed E-state index contributed by atoms with van der Waals surface area (Å²) in [5, 5.41) is 11.3. The zero-order chi connectivity index (χ0) is 19.8. The molecule has 1 N–H and O–H groups in total. The van der Waals surface area contributed by atoms with Crippen LogP contribution in [-0.4, -0.2) is 23.3 Å². The normalized spacial score (nSPS) is 19.1. The van der Waals surface area contributed by atoms with Gasteiger partial charge in [0, 0.05) is 17.7 Å². The lowest BCUT2D eigenvalue weighted by Gasteiger charge is -2.24. The first kappa shape index (κ1) is 19.3. The summed E-state index contributed by atoms with van der Waals surface area (Å²) in [6.07, 6.45) is -0.252. The van der Waals surface area contributed by atoms with Gasteiger partial charge in [0.15, 0.2) is 11.4 Å². The highest BCUT2D eigenvalue weighted by Gasteiger charge is 2.50. The number of fused-ring (bicyclic) bond motifs is 1. The number of ketones is 1. The molecule has 0 bridgehead atoms. The van der Waals surface area contributed by atoms with Crippen LogP contribution in [0.25, 0.3) is 0 Å². The highest BCUT2D eigenvalue weighted by Crippen LogP contribution is 2.43. The molecule has 1 aliphatic rings. The number of hydrogen-bond donors (Lipinski definition) is 1. The smallest absolute Gasteiger partial charge is 0.264 e. The molecule has 0 radical (unpaired) electrons. The number of rotatable bonds is 6. The Bertz CT molecular complexity index is 854. The van der Waals surface area contributed by atoms with Crippen LogP contribution in [0.5, 0.6) is 0 Å². The molecule has 0 aliphatic carbocycles. The Kier molecular flexibility index (Phi) is 5.20. The molecule has 1 heterocycles. The van der Waals surface area contributed by atoms with Gasteiger partial charge in [0.1, 0.15) is 0 Å². The number of carbonyl (C=O) groups is 2. The summed E-state index contributed by atoms with van der Waals surface area (Å²) < 4.78 is 0. The van der Waals surface area contributed by atoms with Gasteiger partial charge < -0.3 is 10.0 Å². The largest absolute Gasteiger partial charge is 0.375 e. The van der Waals surface area contributed by atoms with Crippen molar-refractivity contribution in [1.29, 1.82) is 0 Å². The van der Waals surface area contributed by atoms with Crippen molar-refractivity contribution < 1.29 is 14.7 Å². The molecule has 0 saturated carbocycles. The van der Waals surface area contributed by atoms with Crippen molar-refractivity contribution >= 4 is 17.4 Å². The van der Waals surface area contributed by atoms with Crippen LogP contribution in [0.4, 0.5) is 5.69 Å². The molecule has 142 valence electrons. The van der Waals surface area contributed by atoms with Gasteiger partial charge in [0.25, 0.3) is 5.91 Å². The number of anilines is 1. The summed E-state index contributed by atoms with van der Waals surface area (Å²) in [5.41, 5.74) is 1.07. The second kappa shape index (κ2) is 7.28. The molecule has 0 aromatic heterocycles. The Hall–Kier alpha value is -2.46. The Balaban J connectivity index is 1.91. The number of para-hydroxylation sites is 1. The summed E-state index contributed by atoms with van der Waals surface area (Å²) in [6, 6.07) is 14.6. The van der Waals surface area contributed by atoms with Crippen LogP contribution in [0, 0.1) is 5.92 Å². The van der Waals surface area contributed by atoms with Crippen molar-refractivity contribution in [3.63, 3.8) is 0 Å². The topological polar surface area (TPSA) is 57.6 Å². The van der Waals surface area contributed by atoms with E-state index in [0.29, 0.717) is 29.3 Å². The zero-order valence-electron chi connectivity index (χ0n) is 16.4. The maximum absolute atomic E-state index is 13.1. The van der Waals surface area contributed by atoms with Gasteiger partial charge in [-0.15, -0.1) is 0 Å². The Morgan fingerprint density at radius 2 is 1.67 bits per heavy atom. The molecule has 1 amide bonds. The number of carbonyl (C=O) groups excluding carboxylic acids is 2. The maximum atomic E-state index is 13.1. The van der Waals surface area contributed by atoms with E-state index < -0.39 is 11.5 Å². The molecule has 4 nitrogen and oxygen atoms in total. The lowest BCUT2D eigenvalue weighted by Crippen LogP contribution is -2.43. The fraction of sp³-hybridized carbons (Fsp3) is 0.391. The molecule has 0 fully saturated rings. The average molecular weight is 365 g/mol. The number of nitrogens with zero attached hydrogens (tertiary/aromatic N) is 1. The number of aliphatic hydroxyl groups is 1. The van der Waals surface area contributed by atoms with Crippen molar-refractivity contribution in [2.45, 2.75) is 45.6 Å². The van der Waals surface area contributed by atoms with E-state index in [1.807, 2.05) is 38.1 Å². The molecule has 0 saturated heterocycles. The number of Topliss-reactive ketones (excluding diaryl/α,β-unsaturated/α-hetero) is 1. The standard InChI is InChI=1S/C23H27NO3/c1-15(2)14-24-20-8-6-5-7-19(20)23(27,22(24)26)13-21(25)18-11-9-17(10-12-18)16(3)4/h5-12,15-16,27H,13-14H2,1-4H3/t23-/m1/s1. The fourth-order valence-electron chi connectivity index (χ4n) is 3.61. The Morgan fingerprint density at radius 3 is 2.26 bits per heavy atom. The number of benzene rings is 2. The van der Waals surface area contributed by atoms with Gasteiger partial charge in [0.05, 0.1) is 12.1 Å². The van der Waals surface area contributed by atoms with Crippen LogP contribution < -0.4 is 4.90 Å². The van der Waals surface area contributed by atoms with Crippen molar-refractivity contribution in [2.75, 3.05) is 11.4 Å². The van der Waals surface area contributed by atoms with Crippen LogP contribution in [0.2, 0.25) is 0 Å².